The first-order valence-electron chi connectivity index (χ1n) is 8.41. The van der Waals surface area contributed by atoms with E-state index in [9.17, 15) is 4.79 Å². The summed E-state index contributed by atoms with van der Waals surface area (Å²) in [5.74, 6) is 0.0862. The minimum atomic E-state index is -0.274. The number of nitrogens with two attached hydrogens (primary N) is 1. The van der Waals surface area contributed by atoms with Crippen LogP contribution >= 0.6 is 12.4 Å². The molecular formula is C20H25ClN2O2. The minimum absolute atomic E-state index is 0. The maximum atomic E-state index is 12.8. The number of carbonyl (C=O) groups excluding carboxylic acids is 1. The van der Waals surface area contributed by atoms with Crippen LogP contribution in [-0.4, -0.2) is 30.0 Å². The van der Waals surface area contributed by atoms with Crippen LogP contribution in [0.15, 0.2) is 60.7 Å². The standard InChI is InChI=1S/C20H24N2O2.ClH/c1-15-14-24-19(17-10-6-3-7-11-17)13-22(15)20(23)12-18(21)16-8-4-2-5-9-16;/h2-11,15,18-19H,12-14,21H2,1H3;1H. The van der Waals surface area contributed by atoms with Crippen LogP contribution in [0.4, 0.5) is 0 Å². The zero-order valence-electron chi connectivity index (χ0n) is 14.4. The lowest BCUT2D eigenvalue weighted by Gasteiger charge is -2.38. The van der Waals surface area contributed by atoms with Crippen LogP contribution in [-0.2, 0) is 9.53 Å². The van der Waals surface area contributed by atoms with Gasteiger partial charge in [-0.25, -0.2) is 0 Å². The number of nitrogens with zero attached hydrogens (tertiary/aromatic N) is 1. The molecule has 3 unspecified atom stereocenters. The van der Waals surface area contributed by atoms with Gasteiger partial charge in [0.2, 0.25) is 5.91 Å². The van der Waals surface area contributed by atoms with Gasteiger partial charge in [0.05, 0.1) is 19.2 Å². The van der Waals surface area contributed by atoms with Gasteiger partial charge in [-0.1, -0.05) is 60.7 Å². The topological polar surface area (TPSA) is 55.6 Å². The van der Waals surface area contributed by atoms with Gasteiger partial charge in [-0.3, -0.25) is 4.79 Å². The molecule has 0 aliphatic carbocycles. The summed E-state index contributed by atoms with van der Waals surface area (Å²) in [4.78, 5) is 14.7. The van der Waals surface area contributed by atoms with Crippen LogP contribution in [0.25, 0.3) is 0 Å². The van der Waals surface area contributed by atoms with Crippen LogP contribution in [0.5, 0.6) is 0 Å². The highest BCUT2D eigenvalue weighted by Gasteiger charge is 2.31. The van der Waals surface area contributed by atoms with E-state index in [1.807, 2.05) is 72.5 Å². The van der Waals surface area contributed by atoms with Crippen LogP contribution < -0.4 is 5.73 Å². The number of morpholine rings is 1. The lowest BCUT2D eigenvalue weighted by atomic mass is 10.0. The molecule has 0 radical (unpaired) electrons. The molecule has 4 nitrogen and oxygen atoms in total. The molecular weight excluding hydrogens is 336 g/mol. The third kappa shape index (κ3) is 4.82. The summed E-state index contributed by atoms with van der Waals surface area (Å²) < 4.78 is 5.92. The normalized spacial score (nSPS) is 21.3. The molecule has 0 bridgehead atoms. The van der Waals surface area contributed by atoms with Crippen molar-refractivity contribution < 1.29 is 9.53 Å². The Morgan fingerprint density at radius 2 is 1.76 bits per heavy atom. The summed E-state index contributed by atoms with van der Waals surface area (Å²) >= 11 is 0. The molecule has 2 aromatic rings. The number of amides is 1. The molecule has 1 fully saturated rings. The molecule has 1 amide bonds. The first-order valence-corrected chi connectivity index (χ1v) is 8.41. The Hall–Kier alpha value is -1.88. The van der Waals surface area contributed by atoms with Gasteiger partial charge in [0, 0.05) is 12.5 Å². The largest absolute Gasteiger partial charge is 0.370 e. The Kier molecular flexibility index (Phi) is 7.00. The number of benzene rings is 2. The quantitative estimate of drug-likeness (QED) is 0.908. The fraction of sp³-hybridized carbons (Fsp3) is 0.350. The second-order valence-corrected chi connectivity index (χ2v) is 6.35. The molecule has 1 heterocycles. The predicted octanol–water partition coefficient (Wildman–Crippen LogP) is 3.49. The molecule has 0 spiro atoms. The van der Waals surface area contributed by atoms with Gasteiger partial charge < -0.3 is 15.4 Å². The smallest absolute Gasteiger partial charge is 0.224 e. The van der Waals surface area contributed by atoms with E-state index < -0.39 is 0 Å². The molecule has 2 N–H and O–H groups in total. The van der Waals surface area contributed by atoms with Gasteiger partial charge in [-0.15, -0.1) is 12.4 Å². The first kappa shape index (κ1) is 19.4. The maximum Gasteiger partial charge on any atom is 0.224 e. The number of hydrogen-bond donors (Lipinski definition) is 1. The molecule has 0 saturated carbocycles. The second-order valence-electron chi connectivity index (χ2n) is 6.35. The average molecular weight is 361 g/mol. The van der Waals surface area contributed by atoms with Crippen LogP contribution in [0, 0.1) is 0 Å². The highest BCUT2D eigenvalue weighted by atomic mass is 35.5. The molecule has 3 atom stereocenters. The molecule has 134 valence electrons. The molecule has 0 aromatic heterocycles. The van der Waals surface area contributed by atoms with Crippen LogP contribution in [0.1, 0.15) is 36.6 Å². The van der Waals surface area contributed by atoms with E-state index >= 15 is 0 Å². The van der Waals surface area contributed by atoms with Crippen molar-refractivity contribution in [2.45, 2.75) is 31.5 Å². The first-order chi connectivity index (χ1) is 11.6. The summed E-state index contributed by atoms with van der Waals surface area (Å²) in [6.45, 7) is 3.14. The van der Waals surface area contributed by atoms with Crippen molar-refractivity contribution in [2.75, 3.05) is 13.2 Å². The Labute approximate surface area is 155 Å². The van der Waals surface area contributed by atoms with Crippen LogP contribution in [0.3, 0.4) is 0 Å². The Morgan fingerprint density at radius 1 is 1.16 bits per heavy atom. The summed E-state index contributed by atoms with van der Waals surface area (Å²) in [6.07, 6.45) is 0.245. The molecule has 1 saturated heterocycles. The Bertz CT molecular complexity index is 666. The van der Waals surface area contributed by atoms with Crippen LogP contribution in [0.2, 0.25) is 0 Å². The molecule has 1 aliphatic rings. The number of rotatable bonds is 4. The fourth-order valence-corrected chi connectivity index (χ4v) is 3.10. The van der Waals surface area contributed by atoms with Crippen molar-refractivity contribution in [3.8, 4) is 0 Å². The maximum absolute atomic E-state index is 12.8. The molecule has 25 heavy (non-hydrogen) atoms. The van der Waals surface area contributed by atoms with E-state index in [2.05, 4.69) is 0 Å². The summed E-state index contributed by atoms with van der Waals surface area (Å²) in [5.41, 5.74) is 8.31. The van der Waals surface area contributed by atoms with E-state index in [1.54, 1.807) is 0 Å². The third-order valence-electron chi connectivity index (χ3n) is 4.55. The summed E-state index contributed by atoms with van der Waals surface area (Å²) in [7, 11) is 0. The lowest BCUT2D eigenvalue weighted by molar-refractivity contribution is -0.144. The van der Waals surface area contributed by atoms with Gasteiger partial charge in [0.25, 0.3) is 0 Å². The highest BCUT2D eigenvalue weighted by molar-refractivity contribution is 5.85. The van der Waals surface area contributed by atoms with E-state index in [-0.39, 0.29) is 36.5 Å². The summed E-state index contributed by atoms with van der Waals surface area (Å²) in [6, 6.07) is 19.6. The van der Waals surface area contributed by atoms with Crippen molar-refractivity contribution >= 4 is 18.3 Å². The lowest BCUT2D eigenvalue weighted by Crippen LogP contribution is -2.48. The second kappa shape index (κ2) is 8.99. The van der Waals surface area contributed by atoms with Gasteiger partial charge >= 0.3 is 0 Å². The van der Waals surface area contributed by atoms with Crippen molar-refractivity contribution in [3.05, 3.63) is 71.8 Å². The zero-order chi connectivity index (χ0) is 16.9. The Morgan fingerprint density at radius 3 is 2.40 bits per heavy atom. The van der Waals surface area contributed by atoms with Crippen molar-refractivity contribution in [1.29, 1.82) is 0 Å². The third-order valence-corrected chi connectivity index (χ3v) is 4.55. The van der Waals surface area contributed by atoms with Gasteiger partial charge in [-0.2, -0.15) is 0 Å². The SMILES string of the molecule is CC1COC(c2ccccc2)CN1C(=O)CC(N)c1ccccc1.Cl. The van der Waals surface area contributed by atoms with E-state index in [0.29, 0.717) is 19.6 Å². The number of hydrogen-bond acceptors (Lipinski definition) is 3. The van der Waals surface area contributed by atoms with Gasteiger partial charge in [-0.05, 0) is 18.1 Å². The Balaban J connectivity index is 0.00000225. The fourth-order valence-electron chi connectivity index (χ4n) is 3.10. The van der Waals surface area contributed by atoms with E-state index in [4.69, 9.17) is 10.5 Å². The molecule has 3 rings (SSSR count). The zero-order valence-corrected chi connectivity index (χ0v) is 15.2. The van der Waals surface area contributed by atoms with Gasteiger partial charge in [0.1, 0.15) is 6.10 Å². The van der Waals surface area contributed by atoms with E-state index in [1.165, 1.54) is 0 Å². The van der Waals surface area contributed by atoms with Crippen molar-refractivity contribution in [1.82, 2.24) is 4.90 Å². The van der Waals surface area contributed by atoms with Crippen molar-refractivity contribution in [2.24, 2.45) is 5.73 Å². The molecule has 1 aliphatic heterocycles. The number of halogens is 1. The van der Waals surface area contributed by atoms with Gasteiger partial charge in [0.15, 0.2) is 0 Å². The monoisotopic (exact) mass is 360 g/mol. The number of ether oxygens (including phenoxy) is 1. The highest BCUT2D eigenvalue weighted by Crippen LogP contribution is 2.26. The minimum Gasteiger partial charge on any atom is -0.370 e. The molecule has 2 aromatic carbocycles. The average Bonchev–Trinajstić information content (AvgIpc) is 2.63. The van der Waals surface area contributed by atoms with E-state index in [0.717, 1.165) is 11.1 Å². The predicted molar refractivity (Wildman–Crippen MR) is 102 cm³/mol. The number of carbonyl (C=O) groups is 1. The van der Waals surface area contributed by atoms with Crippen molar-refractivity contribution in [3.63, 3.8) is 0 Å². The molecule has 5 heteroatoms. The summed E-state index contributed by atoms with van der Waals surface area (Å²) in [5, 5.41) is 0.